The fourth-order valence-corrected chi connectivity index (χ4v) is 4.07. The normalized spacial score (nSPS) is 24.4. The average molecular weight is 326 g/mol. The molecule has 2 atom stereocenters. The SMILES string of the molecule is Fc1ccc2c(c1)[C@H](NC(=S)NC[C@@H]1CCCO1)CCS2. The molecule has 0 radical (unpaired) electrons. The van der Waals surface area contributed by atoms with E-state index in [9.17, 15) is 4.39 Å². The Balaban J connectivity index is 1.57. The van der Waals surface area contributed by atoms with Crippen LogP contribution in [0.1, 0.15) is 30.9 Å². The molecule has 1 saturated heterocycles. The van der Waals surface area contributed by atoms with Crippen molar-refractivity contribution in [3.8, 4) is 0 Å². The molecule has 114 valence electrons. The monoisotopic (exact) mass is 326 g/mol. The molecule has 0 spiro atoms. The maximum Gasteiger partial charge on any atom is 0.166 e. The van der Waals surface area contributed by atoms with Crippen molar-refractivity contribution in [2.24, 2.45) is 0 Å². The Morgan fingerprint density at radius 2 is 2.33 bits per heavy atom. The lowest BCUT2D eigenvalue weighted by molar-refractivity contribution is 0.114. The van der Waals surface area contributed by atoms with Crippen molar-refractivity contribution >= 4 is 29.1 Å². The standard InChI is InChI=1S/C15H19FN2OS2/c16-10-3-4-14-12(8-10)13(5-7-21-14)18-15(20)17-9-11-2-1-6-19-11/h3-4,8,11,13H,1-2,5-7,9H2,(H2,17,18,20)/t11-,13+/m0/s1. The zero-order valence-corrected chi connectivity index (χ0v) is 13.4. The second kappa shape index (κ2) is 6.94. The first kappa shape index (κ1) is 15.1. The van der Waals surface area contributed by atoms with Gasteiger partial charge in [-0.3, -0.25) is 0 Å². The van der Waals surface area contributed by atoms with Gasteiger partial charge >= 0.3 is 0 Å². The molecule has 3 nitrogen and oxygen atoms in total. The molecule has 1 fully saturated rings. The van der Waals surface area contributed by atoms with Gasteiger partial charge in [0.1, 0.15) is 5.82 Å². The van der Waals surface area contributed by atoms with Crippen molar-refractivity contribution in [2.45, 2.75) is 36.3 Å². The average Bonchev–Trinajstić information content (AvgIpc) is 2.99. The predicted molar refractivity (Wildman–Crippen MR) is 87.2 cm³/mol. The number of fused-ring (bicyclic) bond motifs is 1. The molecule has 2 aliphatic heterocycles. The van der Waals surface area contributed by atoms with Crippen LogP contribution in [0.5, 0.6) is 0 Å². The molecule has 2 N–H and O–H groups in total. The van der Waals surface area contributed by atoms with E-state index in [4.69, 9.17) is 17.0 Å². The Kier molecular flexibility index (Phi) is 4.98. The minimum absolute atomic E-state index is 0.0847. The minimum Gasteiger partial charge on any atom is -0.376 e. The third-order valence-corrected chi connectivity index (χ3v) is 5.22. The van der Waals surface area contributed by atoms with Gasteiger partial charge < -0.3 is 15.4 Å². The van der Waals surface area contributed by atoms with Gasteiger partial charge in [-0.05, 0) is 55.2 Å². The Hall–Kier alpha value is -0.850. The number of nitrogens with one attached hydrogen (secondary N) is 2. The quantitative estimate of drug-likeness (QED) is 0.835. The number of thiocarbonyl (C=S) groups is 1. The fraction of sp³-hybridized carbons (Fsp3) is 0.533. The molecular formula is C15H19FN2OS2. The number of thioether (sulfide) groups is 1. The number of benzene rings is 1. The molecule has 6 heteroatoms. The van der Waals surface area contributed by atoms with Crippen LogP contribution in [0.2, 0.25) is 0 Å². The summed E-state index contributed by atoms with van der Waals surface area (Å²) in [6.07, 6.45) is 3.42. The molecule has 0 saturated carbocycles. The Morgan fingerprint density at radius 1 is 1.43 bits per heavy atom. The first-order chi connectivity index (χ1) is 10.2. The highest BCUT2D eigenvalue weighted by molar-refractivity contribution is 7.99. The van der Waals surface area contributed by atoms with Crippen LogP contribution >= 0.6 is 24.0 Å². The van der Waals surface area contributed by atoms with E-state index in [0.717, 1.165) is 48.6 Å². The van der Waals surface area contributed by atoms with Crippen LogP contribution in [0.25, 0.3) is 0 Å². The second-order valence-electron chi connectivity index (χ2n) is 5.36. The molecule has 2 aliphatic rings. The van der Waals surface area contributed by atoms with E-state index in [1.807, 2.05) is 6.07 Å². The van der Waals surface area contributed by atoms with Crippen LogP contribution in [0.3, 0.4) is 0 Å². The van der Waals surface area contributed by atoms with Crippen molar-refractivity contribution < 1.29 is 9.13 Å². The van der Waals surface area contributed by atoms with Crippen LogP contribution in [-0.4, -0.2) is 30.1 Å². The van der Waals surface area contributed by atoms with Gasteiger partial charge in [-0.1, -0.05) is 0 Å². The van der Waals surface area contributed by atoms with Crippen LogP contribution in [-0.2, 0) is 4.74 Å². The van der Waals surface area contributed by atoms with Gasteiger partial charge in [-0.25, -0.2) is 4.39 Å². The lowest BCUT2D eigenvalue weighted by Crippen LogP contribution is -2.41. The number of hydrogen-bond acceptors (Lipinski definition) is 3. The topological polar surface area (TPSA) is 33.3 Å². The summed E-state index contributed by atoms with van der Waals surface area (Å²) in [7, 11) is 0. The van der Waals surface area contributed by atoms with Crippen molar-refractivity contribution in [3.63, 3.8) is 0 Å². The molecule has 0 aliphatic carbocycles. The smallest absolute Gasteiger partial charge is 0.166 e. The summed E-state index contributed by atoms with van der Waals surface area (Å²) < 4.78 is 19.0. The van der Waals surface area contributed by atoms with Crippen molar-refractivity contribution in [1.82, 2.24) is 10.6 Å². The molecule has 21 heavy (non-hydrogen) atoms. The van der Waals surface area contributed by atoms with Gasteiger partial charge in [-0.15, -0.1) is 11.8 Å². The first-order valence-corrected chi connectivity index (χ1v) is 8.70. The minimum atomic E-state index is -0.193. The Morgan fingerprint density at radius 3 is 3.14 bits per heavy atom. The number of halogens is 1. The van der Waals surface area contributed by atoms with Gasteiger partial charge in [0.15, 0.2) is 5.11 Å². The summed E-state index contributed by atoms with van der Waals surface area (Å²) in [5.74, 6) is 0.825. The third kappa shape index (κ3) is 3.87. The molecule has 0 amide bonds. The Bertz CT molecular complexity index is 520. The summed E-state index contributed by atoms with van der Waals surface area (Å²) in [6.45, 7) is 1.59. The Labute approximate surface area is 134 Å². The highest BCUT2D eigenvalue weighted by Crippen LogP contribution is 2.36. The van der Waals surface area contributed by atoms with E-state index < -0.39 is 0 Å². The zero-order valence-electron chi connectivity index (χ0n) is 11.7. The van der Waals surface area contributed by atoms with Crippen molar-refractivity contribution in [3.05, 3.63) is 29.6 Å². The summed E-state index contributed by atoms with van der Waals surface area (Å²) in [4.78, 5) is 1.14. The van der Waals surface area contributed by atoms with E-state index in [0.29, 0.717) is 5.11 Å². The van der Waals surface area contributed by atoms with Gasteiger partial charge in [0.05, 0.1) is 12.1 Å². The van der Waals surface area contributed by atoms with Gasteiger partial charge in [0.2, 0.25) is 0 Å². The number of hydrogen-bond donors (Lipinski definition) is 2. The van der Waals surface area contributed by atoms with Gasteiger partial charge in [0, 0.05) is 23.8 Å². The van der Waals surface area contributed by atoms with E-state index in [-0.39, 0.29) is 18.0 Å². The largest absolute Gasteiger partial charge is 0.376 e. The second-order valence-corrected chi connectivity index (χ2v) is 6.91. The highest BCUT2D eigenvalue weighted by Gasteiger charge is 2.22. The van der Waals surface area contributed by atoms with Gasteiger partial charge in [-0.2, -0.15) is 0 Å². The van der Waals surface area contributed by atoms with Crippen LogP contribution < -0.4 is 10.6 Å². The highest BCUT2D eigenvalue weighted by atomic mass is 32.2. The number of ether oxygens (including phenoxy) is 1. The van der Waals surface area contributed by atoms with Crippen LogP contribution in [0, 0.1) is 5.82 Å². The van der Waals surface area contributed by atoms with E-state index >= 15 is 0 Å². The molecule has 3 rings (SSSR count). The summed E-state index contributed by atoms with van der Waals surface area (Å²) in [5, 5.41) is 7.15. The third-order valence-electron chi connectivity index (χ3n) is 3.83. The molecule has 0 aromatic heterocycles. The van der Waals surface area contributed by atoms with Crippen LogP contribution in [0.4, 0.5) is 4.39 Å². The molecule has 0 unspecified atom stereocenters. The molecule has 0 bridgehead atoms. The van der Waals surface area contributed by atoms with Crippen molar-refractivity contribution in [2.75, 3.05) is 18.9 Å². The molecular weight excluding hydrogens is 307 g/mol. The lowest BCUT2D eigenvalue weighted by atomic mass is 10.0. The summed E-state index contributed by atoms with van der Waals surface area (Å²) in [6, 6.07) is 5.07. The maximum absolute atomic E-state index is 13.5. The van der Waals surface area contributed by atoms with E-state index in [2.05, 4.69) is 10.6 Å². The summed E-state index contributed by atoms with van der Waals surface area (Å²) >= 11 is 7.12. The zero-order chi connectivity index (χ0) is 14.7. The predicted octanol–water partition coefficient (Wildman–Crippen LogP) is 3.01. The van der Waals surface area contributed by atoms with Gasteiger partial charge in [0.25, 0.3) is 0 Å². The number of rotatable bonds is 3. The van der Waals surface area contributed by atoms with Crippen molar-refractivity contribution in [1.29, 1.82) is 0 Å². The first-order valence-electron chi connectivity index (χ1n) is 7.30. The molecule has 2 heterocycles. The summed E-state index contributed by atoms with van der Waals surface area (Å²) in [5.41, 5.74) is 1.01. The molecule has 1 aromatic carbocycles. The lowest BCUT2D eigenvalue weighted by Gasteiger charge is -2.27. The van der Waals surface area contributed by atoms with Crippen LogP contribution in [0.15, 0.2) is 23.1 Å². The van der Waals surface area contributed by atoms with E-state index in [1.54, 1.807) is 17.8 Å². The maximum atomic E-state index is 13.5. The van der Waals surface area contributed by atoms with E-state index in [1.165, 1.54) is 6.07 Å². The fourth-order valence-electron chi connectivity index (χ4n) is 2.74. The molecule has 1 aromatic rings.